The van der Waals surface area contributed by atoms with Gasteiger partial charge in [-0.1, -0.05) is 0 Å². The zero-order valence-electron chi connectivity index (χ0n) is 11.9. The van der Waals surface area contributed by atoms with E-state index in [0.29, 0.717) is 9.81 Å². The Bertz CT molecular complexity index is 811. The van der Waals surface area contributed by atoms with Gasteiger partial charge >= 0.3 is 0 Å². The lowest BCUT2D eigenvalue weighted by Gasteiger charge is -2.04. The van der Waals surface area contributed by atoms with Crippen molar-refractivity contribution in [1.29, 1.82) is 0 Å². The Balaban J connectivity index is 2.02. The molecule has 0 aromatic carbocycles. The topological polar surface area (TPSA) is 44.0 Å². The third-order valence-corrected chi connectivity index (χ3v) is 5.27. The average molecular weight is 300 g/mol. The molecule has 0 aliphatic carbocycles. The van der Waals surface area contributed by atoms with Gasteiger partial charge in [0.2, 0.25) is 9.84 Å². The minimum Gasteiger partial charge on any atom is -0.327 e. The highest BCUT2D eigenvalue weighted by Crippen LogP contribution is 2.29. The van der Waals surface area contributed by atoms with E-state index in [1.807, 2.05) is 50.5 Å². The number of sulfone groups is 1. The van der Waals surface area contributed by atoms with Crippen LogP contribution in [0.15, 0.2) is 58.6 Å². The van der Waals surface area contributed by atoms with E-state index in [1.165, 1.54) is 0 Å². The molecule has 0 unspecified atom stereocenters. The lowest BCUT2D eigenvalue weighted by Crippen LogP contribution is -2.02. The SMILES string of the molecule is Cc1cccn1C=C1C=CC(=Cn2cccc2C)S1(=O)=O. The van der Waals surface area contributed by atoms with Gasteiger partial charge in [0.1, 0.15) is 0 Å². The van der Waals surface area contributed by atoms with Crippen molar-refractivity contribution >= 4 is 22.2 Å². The number of hydrogen-bond acceptors (Lipinski definition) is 2. The highest BCUT2D eigenvalue weighted by Gasteiger charge is 2.26. The third kappa shape index (κ3) is 2.40. The highest BCUT2D eigenvalue weighted by atomic mass is 32.2. The predicted octanol–water partition coefficient (Wildman–Crippen LogP) is 3.19. The molecule has 0 atom stereocenters. The van der Waals surface area contributed by atoms with Gasteiger partial charge in [0.05, 0.1) is 9.81 Å². The normalized spacial score (nSPS) is 20.7. The molecule has 4 nitrogen and oxygen atoms in total. The van der Waals surface area contributed by atoms with Gasteiger partial charge in [-0.2, -0.15) is 0 Å². The Morgan fingerprint density at radius 1 is 0.857 bits per heavy atom. The molecule has 1 aliphatic heterocycles. The third-order valence-electron chi connectivity index (χ3n) is 3.55. The van der Waals surface area contributed by atoms with Crippen LogP contribution < -0.4 is 0 Å². The first kappa shape index (κ1) is 13.7. The Hall–Kier alpha value is -2.27. The van der Waals surface area contributed by atoms with Gasteiger partial charge in [-0.15, -0.1) is 0 Å². The number of allylic oxidation sites excluding steroid dienone is 2. The molecule has 0 saturated carbocycles. The van der Waals surface area contributed by atoms with Crippen molar-refractivity contribution in [3.8, 4) is 0 Å². The molecule has 0 N–H and O–H groups in total. The van der Waals surface area contributed by atoms with Crippen LogP contribution in [0.5, 0.6) is 0 Å². The second kappa shape index (κ2) is 4.93. The predicted molar refractivity (Wildman–Crippen MR) is 84.9 cm³/mol. The fraction of sp³-hybridized carbons (Fsp3) is 0.125. The van der Waals surface area contributed by atoms with Gasteiger partial charge in [-0.05, 0) is 50.3 Å². The summed E-state index contributed by atoms with van der Waals surface area (Å²) < 4.78 is 28.7. The molecule has 0 fully saturated rings. The number of rotatable bonds is 2. The molecule has 3 heterocycles. The zero-order valence-corrected chi connectivity index (χ0v) is 12.7. The monoisotopic (exact) mass is 300 g/mol. The summed E-state index contributed by atoms with van der Waals surface area (Å²) in [4.78, 5) is 0.607. The first-order valence-electron chi connectivity index (χ1n) is 6.62. The van der Waals surface area contributed by atoms with E-state index in [9.17, 15) is 8.42 Å². The van der Waals surface area contributed by atoms with Crippen molar-refractivity contribution < 1.29 is 8.42 Å². The standard InChI is InChI=1S/C16H16N2O2S/c1-13-5-3-9-17(13)11-15-7-8-16(21(15,19)20)12-18-10-4-6-14(18)2/h3-12H,1-2H3. The van der Waals surface area contributed by atoms with Gasteiger partial charge in [-0.3, -0.25) is 0 Å². The molecule has 0 amide bonds. The Morgan fingerprint density at radius 3 is 1.62 bits per heavy atom. The van der Waals surface area contributed by atoms with E-state index in [2.05, 4.69) is 0 Å². The summed E-state index contributed by atoms with van der Waals surface area (Å²) in [5.74, 6) is 0. The highest BCUT2D eigenvalue weighted by molar-refractivity contribution is 8.00. The fourth-order valence-corrected chi connectivity index (χ4v) is 3.50. The van der Waals surface area contributed by atoms with Crippen LogP contribution >= 0.6 is 0 Å². The van der Waals surface area contributed by atoms with Gasteiger partial charge in [0.25, 0.3) is 0 Å². The second-order valence-electron chi connectivity index (χ2n) is 5.01. The molecule has 21 heavy (non-hydrogen) atoms. The zero-order chi connectivity index (χ0) is 15.0. The number of aryl methyl sites for hydroxylation is 2. The van der Waals surface area contributed by atoms with Crippen LogP contribution in [0.2, 0.25) is 0 Å². The summed E-state index contributed by atoms with van der Waals surface area (Å²) in [6.45, 7) is 3.87. The molecular formula is C16H16N2O2S. The first-order valence-corrected chi connectivity index (χ1v) is 8.10. The maximum Gasteiger partial charge on any atom is 0.209 e. The van der Waals surface area contributed by atoms with Crippen molar-refractivity contribution in [2.45, 2.75) is 13.8 Å². The Kier molecular flexibility index (Phi) is 3.22. The molecule has 0 spiro atoms. The van der Waals surface area contributed by atoms with Crippen LogP contribution in [0.1, 0.15) is 11.4 Å². The maximum atomic E-state index is 12.5. The molecular weight excluding hydrogens is 284 g/mol. The Labute approximate surface area is 124 Å². The van der Waals surface area contributed by atoms with Gasteiger partial charge < -0.3 is 9.13 Å². The van der Waals surface area contributed by atoms with E-state index in [0.717, 1.165) is 11.4 Å². The van der Waals surface area contributed by atoms with Crippen LogP contribution in [-0.2, 0) is 9.84 Å². The molecule has 3 rings (SSSR count). The Morgan fingerprint density at radius 2 is 1.29 bits per heavy atom. The summed E-state index contributed by atoms with van der Waals surface area (Å²) in [6, 6.07) is 7.64. The van der Waals surface area contributed by atoms with Crippen LogP contribution in [-0.4, -0.2) is 17.6 Å². The van der Waals surface area contributed by atoms with E-state index < -0.39 is 9.84 Å². The number of nitrogens with zero attached hydrogens (tertiary/aromatic N) is 2. The summed E-state index contributed by atoms with van der Waals surface area (Å²) in [5, 5.41) is 0. The quantitative estimate of drug-likeness (QED) is 0.855. The van der Waals surface area contributed by atoms with E-state index in [4.69, 9.17) is 0 Å². The molecule has 0 radical (unpaired) electrons. The molecule has 0 saturated heterocycles. The minimum absolute atomic E-state index is 0.304. The van der Waals surface area contributed by atoms with Crippen LogP contribution in [0.3, 0.4) is 0 Å². The molecule has 108 valence electrons. The van der Waals surface area contributed by atoms with Crippen LogP contribution in [0, 0.1) is 13.8 Å². The number of aromatic nitrogens is 2. The van der Waals surface area contributed by atoms with Crippen molar-refractivity contribution in [3.05, 3.63) is 70.0 Å². The maximum absolute atomic E-state index is 12.5. The summed E-state index contributed by atoms with van der Waals surface area (Å²) >= 11 is 0. The van der Waals surface area contributed by atoms with Crippen molar-refractivity contribution in [3.63, 3.8) is 0 Å². The molecule has 2 aromatic rings. The first-order chi connectivity index (χ1) is 9.98. The molecule has 0 bridgehead atoms. The smallest absolute Gasteiger partial charge is 0.209 e. The molecule has 2 aromatic heterocycles. The molecule has 1 aliphatic rings. The van der Waals surface area contributed by atoms with Crippen molar-refractivity contribution in [2.75, 3.05) is 0 Å². The van der Waals surface area contributed by atoms with Gasteiger partial charge in [0.15, 0.2) is 0 Å². The van der Waals surface area contributed by atoms with Crippen molar-refractivity contribution in [2.24, 2.45) is 0 Å². The van der Waals surface area contributed by atoms with Crippen LogP contribution in [0.4, 0.5) is 0 Å². The summed E-state index contributed by atoms with van der Waals surface area (Å²) in [7, 11) is -3.44. The van der Waals surface area contributed by atoms with Crippen molar-refractivity contribution in [1.82, 2.24) is 9.13 Å². The van der Waals surface area contributed by atoms with Gasteiger partial charge in [0, 0.05) is 36.2 Å². The number of hydrogen-bond donors (Lipinski definition) is 0. The van der Waals surface area contributed by atoms with E-state index in [1.54, 1.807) is 33.7 Å². The van der Waals surface area contributed by atoms with E-state index >= 15 is 0 Å². The minimum atomic E-state index is -3.44. The second-order valence-corrected chi connectivity index (χ2v) is 6.96. The summed E-state index contributed by atoms with van der Waals surface area (Å²) in [6.07, 6.45) is 10.2. The van der Waals surface area contributed by atoms with E-state index in [-0.39, 0.29) is 0 Å². The molecule has 5 heteroatoms. The lowest BCUT2D eigenvalue weighted by atomic mass is 10.4. The lowest BCUT2D eigenvalue weighted by molar-refractivity contribution is 0.610. The average Bonchev–Trinajstić information content (AvgIpc) is 3.08. The van der Waals surface area contributed by atoms with Crippen LogP contribution in [0.25, 0.3) is 12.4 Å². The summed E-state index contributed by atoms with van der Waals surface area (Å²) in [5.41, 5.74) is 1.98. The largest absolute Gasteiger partial charge is 0.327 e. The fourth-order valence-electron chi connectivity index (χ4n) is 2.23. The van der Waals surface area contributed by atoms with Gasteiger partial charge in [-0.25, -0.2) is 8.42 Å².